The Bertz CT molecular complexity index is 892. The highest BCUT2D eigenvalue weighted by atomic mass is 32.2. The maximum Gasteiger partial charge on any atom is 0.227 e. The first-order valence-electron chi connectivity index (χ1n) is 9.00. The number of ether oxygens (including phenoxy) is 1. The summed E-state index contributed by atoms with van der Waals surface area (Å²) in [7, 11) is 1.68. The van der Waals surface area contributed by atoms with Crippen molar-refractivity contribution < 1.29 is 14.1 Å². The Balaban J connectivity index is 1.60. The first-order valence-corrected chi connectivity index (χ1v) is 9.98. The number of rotatable bonds is 8. The van der Waals surface area contributed by atoms with Crippen molar-refractivity contribution in [1.82, 2.24) is 0 Å². The molecule has 0 spiro atoms. The van der Waals surface area contributed by atoms with Gasteiger partial charge in [0.2, 0.25) is 12.3 Å². The van der Waals surface area contributed by atoms with Crippen molar-refractivity contribution in [3.05, 3.63) is 89.7 Å². The molecule has 0 bridgehead atoms. The van der Waals surface area contributed by atoms with E-state index in [1.54, 1.807) is 7.11 Å². The van der Waals surface area contributed by atoms with E-state index in [0.29, 0.717) is 6.54 Å². The van der Waals surface area contributed by atoms with Crippen LogP contribution in [0.1, 0.15) is 21.6 Å². The smallest absolute Gasteiger partial charge is 0.227 e. The van der Waals surface area contributed by atoms with Crippen molar-refractivity contribution in [3.63, 3.8) is 0 Å². The maximum absolute atomic E-state index is 12.5. The monoisotopic (exact) mass is 378 g/mol. The van der Waals surface area contributed by atoms with Gasteiger partial charge in [0.25, 0.3) is 0 Å². The van der Waals surface area contributed by atoms with Crippen molar-refractivity contribution in [2.45, 2.75) is 24.8 Å². The van der Waals surface area contributed by atoms with Gasteiger partial charge in [-0.1, -0.05) is 30.3 Å². The molecule has 0 atom stereocenters. The molecule has 0 unspecified atom stereocenters. The number of hydrogen-bond donors (Lipinski definition) is 0. The number of benzene rings is 2. The molecule has 0 fully saturated rings. The summed E-state index contributed by atoms with van der Waals surface area (Å²) >= 11 is 1.82. The summed E-state index contributed by atoms with van der Waals surface area (Å²) in [6.07, 6.45) is 3.06. The molecule has 0 aliphatic carbocycles. The molecule has 4 heteroatoms. The molecule has 0 aliphatic rings. The Morgan fingerprint density at radius 3 is 2.44 bits per heavy atom. The molecule has 1 aromatic heterocycles. The van der Waals surface area contributed by atoms with E-state index in [4.69, 9.17) is 4.74 Å². The van der Waals surface area contributed by atoms with Crippen molar-refractivity contribution in [3.8, 4) is 5.75 Å². The summed E-state index contributed by atoms with van der Waals surface area (Å²) in [5.74, 6) is 2.00. The highest BCUT2D eigenvalue weighted by molar-refractivity contribution is 7.99. The first kappa shape index (κ1) is 19.2. The van der Waals surface area contributed by atoms with Crippen LogP contribution in [0.15, 0.2) is 77.8 Å². The van der Waals surface area contributed by atoms with Crippen LogP contribution in [0.4, 0.5) is 0 Å². The lowest BCUT2D eigenvalue weighted by Gasteiger charge is -2.05. The van der Waals surface area contributed by atoms with Crippen LogP contribution in [-0.4, -0.2) is 18.6 Å². The van der Waals surface area contributed by atoms with Crippen LogP contribution in [0.3, 0.4) is 0 Å². The minimum atomic E-state index is 0.133. The van der Waals surface area contributed by atoms with E-state index in [9.17, 15) is 4.79 Å². The van der Waals surface area contributed by atoms with Crippen LogP contribution < -0.4 is 9.30 Å². The number of carbonyl (C=O) groups is 1. The Morgan fingerprint density at radius 2 is 1.74 bits per heavy atom. The summed E-state index contributed by atoms with van der Waals surface area (Å²) < 4.78 is 7.24. The van der Waals surface area contributed by atoms with Gasteiger partial charge in [0.15, 0.2) is 11.9 Å². The summed E-state index contributed by atoms with van der Waals surface area (Å²) in [6, 6.07) is 21.8. The van der Waals surface area contributed by atoms with Gasteiger partial charge in [-0.25, -0.2) is 0 Å². The normalized spacial score (nSPS) is 10.6. The highest BCUT2D eigenvalue weighted by Crippen LogP contribution is 2.22. The third kappa shape index (κ3) is 5.44. The van der Waals surface area contributed by atoms with Gasteiger partial charge in [-0.15, -0.1) is 11.8 Å². The molecule has 3 aromatic rings. The Hall–Kier alpha value is -2.59. The zero-order chi connectivity index (χ0) is 19.1. The standard InChI is InChI=1S/C23H24NO2S/c1-18-8-9-19(14-15-27-22-12-10-21(26-2)11-13-22)16-24(18)17-23(25)20-6-4-3-5-7-20/h3-13,16H,14-15,17H2,1-2H3/q+1. The van der Waals surface area contributed by atoms with E-state index in [0.717, 1.165) is 29.2 Å². The lowest BCUT2D eigenvalue weighted by Crippen LogP contribution is -2.41. The van der Waals surface area contributed by atoms with Crippen LogP contribution >= 0.6 is 11.8 Å². The van der Waals surface area contributed by atoms with E-state index < -0.39 is 0 Å². The minimum Gasteiger partial charge on any atom is -0.497 e. The number of Topliss-reactive ketones (excluding diaryl/α,β-unsaturated/α-hetero) is 1. The van der Waals surface area contributed by atoms with Crippen molar-refractivity contribution >= 4 is 17.5 Å². The average molecular weight is 379 g/mol. The third-order valence-electron chi connectivity index (χ3n) is 4.44. The lowest BCUT2D eigenvalue weighted by atomic mass is 10.1. The first-order chi connectivity index (χ1) is 13.2. The van der Waals surface area contributed by atoms with Gasteiger partial charge in [0.05, 0.1) is 7.11 Å². The number of nitrogens with zero attached hydrogens (tertiary/aromatic N) is 1. The molecular weight excluding hydrogens is 354 g/mol. The van der Waals surface area contributed by atoms with E-state index in [-0.39, 0.29) is 5.78 Å². The molecule has 3 nitrogen and oxygen atoms in total. The van der Waals surface area contributed by atoms with Gasteiger partial charge in [0.1, 0.15) is 5.75 Å². The summed E-state index contributed by atoms with van der Waals surface area (Å²) in [6.45, 7) is 2.41. The molecule has 0 saturated carbocycles. The molecule has 0 saturated heterocycles. The molecular formula is C23H24NO2S+. The third-order valence-corrected chi connectivity index (χ3v) is 5.46. The SMILES string of the molecule is COc1ccc(SCCc2ccc(C)[n+](CC(=O)c3ccccc3)c2)cc1. The zero-order valence-corrected chi connectivity index (χ0v) is 16.5. The molecule has 2 aromatic carbocycles. The molecule has 0 radical (unpaired) electrons. The predicted molar refractivity (Wildman–Crippen MR) is 110 cm³/mol. The van der Waals surface area contributed by atoms with Crippen LogP contribution in [0, 0.1) is 6.92 Å². The van der Waals surface area contributed by atoms with Gasteiger partial charge in [0, 0.05) is 34.8 Å². The molecule has 138 valence electrons. The Labute approximate surface area is 165 Å². The van der Waals surface area contributed by atoms with E-state index in [1.807, 2.05) is 65.7 Å². The molecule has 0 amide bonds. The van der Waals surface area contributed by atoms with E-state index in [1.165, 1.54) is 10.5 Å². The second-order valence-electron chi connectivity index (χ2n) is 6.37. The zero-order valence-electron chi connectivity index (χ0n) is 15.7. The van der Waals surface area contributed by atoms with Gasteiger partial charge in [-0.3, -0.25) is 4.79 Å². The number of methoxy groups -OCH3 is 1. The minimum absolute atomic E-state index is 0.133. The van der Waals surface area contributed by atoms with Gasteiger partial charge in [-0.05, 0) is 36.8 Å². The van der Waals surface area contributed by atoms with E-state index >= 15 is 0 Å². The quantitative estimate of drug-likeness (QED) is 0.328. The van der Waals surface area contributed by atoms with Crippen LogP contribution in [-0.2, 0) is 13.0 Å². The molecule has 27 heavy (non-hydrogen) atoms. The number of hydrogen-bond acceptors (Lipinski definition) is 3. The van der Waals surface area contributed by atoms with Gasteiger partial charge in [-0.2, -0.15) is 4.57 Å². The Kier molecular flexibility index (Phi) is 6.66. The number of thioether (sulfide) groups is 1. The fourth-order valence-corrected chi connectivity index (χ4v) is 3.72. The predicted octanol–water partition coefficient (Wildman–Crippen LogP) is 4.51. The van der Waals surface area contributed by atoms with Crippen molar-refractivity contribution in [1.29, 1.82) is 0 Å². The second-order valence-corrected chi connectivity index (χ2v) is 7.54. The number of ketones is 1. The summed E-state index contributed by atoms with van der Waals surface area (Å²) in [4.78, 5) is 13.7. The summed E-state index contributed by atoms with van der Waals surface area (Å²) in [5, 5.41) is 0. The van der Waals surface area contributed by atoms with Crippen molar-refractivity contribution in [2.24, 2.45) is 0 Å². The number of carbonyl (C=O) groups excluding carboxylic acids is 1. The van der Waals surface area contributed by atoms with Crippen LogP contribution in [0.2, 0.25) is 0 Å². The fourth-order valence-electron chi connectivity index (χ4n) is 2.82. The molecule has 0 aliphatic heterocycles. The summed E-state index contributed by atoms with van der Waals surface area (Å²) in [5.41, 5.74) is 3.08. The second kappa shape index (κ2) is 9.38. The molecule has 3 rings (SSSR count). The number of aryl methyl sites for hydroxylation is 2. The van der Waals surface area contributed by atoms with E-state index in [2.05, 4.69) is 30.5 Å². The molecule has 0 N–H and O–H groups in total. The number of aromatic nitrogens is 1. The molecule has 1 heterocycles. The largest absolute Gasteiger partial charge is 0.497 e. The van der Waals surface area contributed by atoms with Gasteiger partial charge >= 0.3 is 0 Å². The lowest BCUT2D eigenvalue weighted by molar-refractivity contribution is -0.689. The van der Waals surface area contributed by atoms with Gasteiger partial charge < -0.3 is 4.74 Å². The topological polar surface area (TPSA) is 30.2 Å². The number of pyridine rings is 1. The Morgan fingerprint density at radius 1 is 1.00 bits per heavy atom. The highest BCUT2D eigenvalue weighted by Gasteiger charge is 2.15. The maximum atomic E-state index is 12.5. The average Bonchev–Trinajstić information content (AvgIpc) is 2.71. The van der Waals surface area contributed by atoms with Crippen molar-refractivity contribution in [2.75, 3.05) is 12.9 Å². The van der Waals surface area contributed by atoms with Crippen LogP contribution in [0.5, 0.6) is 5.75 Å². The fraction of sp³-hybridized carbons (Fsp3) is 0.217. The van der Waals surface area contributed by atoms with Crippen LogP contribution in [0.25, 0.3) is 0 Å².